The summed E-state index contributed by atoms with van der Waals surface area (Å²) in [5.41, 5.74) is 1.04. The summed E-state index contributed by atoms with van der Waals surface area (Å²) < 4.78 is 11.1. The van der Waals surface area contributed by atoms with Crippen LogP contribution in [-0.2, 0) is 4.79 Å². The third-order valence-electron chi connectivity index (χ3n) is 4.33. The van der Waals surface area contributed by atoms with Crippen LogP contribution in [-0.4, -0.2) is 31.7 Å². The number of fused-ring (bicyclic) bond motifs is 1. The van der Waals surface area contributed by atoms with Crippen LogP contribution in [0.3, 0.4) is 0 Å². The van der Waals surface area contributed by atoms with E-state index in [4.69, 9.17) is 9.47 Å². The van der Waals surface area contributed by atoms with Crippen LogP contribution in [0.2, 0.25) is 0 Å². The molecule has 1 aromatic carbocycles. The summed E-state index contributed by atoms with van der Waals surface area (Å²) in [5.74, 6) is 1.65. The van der Waals surface area contributed by atoms with Crippen LogP contribution in [0.15, 0.2) is 18.2 Å². The van der Waals surface area contributed by atoms with Gasteiger partial charge in [0.05, 0.1) is 6.04 Å². The van der Waals surface area contributed by atoms with E-state index >= 15 is 0 Å². The van der Waals surface area contributed by atoms with Crippen LogP contribution < -0.4 is 20.1 Å². The van der Waals surface area contributed by atoms with Gasteiger partial charge in [-0.05, 0) is 50.4 Å². The molecule has 0 spiro atoms. The molecule has 120 valence electrons. The Bertz CT molecular complexity index is 527. The average molecular weight is 304 g/mol. The molecule has 2 unspecified atom stereocenters. The predicted octanol–water partition coefficient (Wildman–Crippen LogP) is 2.17. The Kier molecular flexibility index (Phi) is 4.83. The van der Waals surface area contributed by atoms with Gasteiger partial charge in [0.25, 0.3) is 0 Å². The molecule has 2 aliphatic heterocycles. The topological polar surface area (TPSA) is 59.6 Å². The van der Waals surface area contributed by atoms with Gasteiger partial charge in [-0.1, -0.05) is 6.07 Å². The van der Waals surface area contributed by atoms with Crippen molar-refractivity contribution in [2.24, 2.45) is 0 Å². The van der Waals surface area contributed by atoms with Crippen LogP contribution in [0.1, 0.15) is 44.2 Å². The molecule has 2 aliphatic rings. The van der Waals surface area contributed by atoms with Gasteiger partial charge in [-0.2, -0.15) is 0 Å². The molecule has 1 aromatic rings. The van der Waals surface area contributed by atoms with Crippen molar-refractivity contribution < 1.29 is 14.3 Å². The molecule has 5 nitrogen and oxygen atoms in total. The van der Waals surface area contributed by atoms with Crippen LogP contribution in [0.25, 0.3) is 0 Å². The molecule has 0 saturated carbocycles. The van der Waals surface area contributed by atoms with Crippen molar-refractivity contribution in [2.45, 2.75) is 44.7 Å². The maximum absolute atomic E-state index is 12.1. The maximum atomic E-state index is 12.1. The summed E-state index contributed by atoms with van der Waals surface area (Å²) >= 11 is 0. The fraction of sp³-hybridized carbons (Fsp3) is 0.588. The molecule has 2 heterocycles. The zero-order valence-electron chi connectivity index (χ0n) is 13.1. The number of nitrogens with one attached hydrogen (secondary N) is 2. The van der Waals surface area contributed by atoms with Gasteiger partial charge in [0, 0.05) is 12.5 Å². The van der Waals surface area contributed by atoms with Gasteiger partial charge < -0.3 is 20.1 Å². The molecule has 22 heavy (non-hydrogen) atoms. The SMILES string of the molecule is CC(NC(=O)CCC1CCCN1)c1ccc2c(c1)OCCO2. The first-order valence-corrected chi connectivity index (χ1v) is 8.14. The molecule has 2 N–H and O–H groups in total. The van der Waals surface area contributed by atoms with E-state index in [2.05, 4.69) is 10.6 Å². The zero-order valence-corrected chi connectivity index (χ0v) is 13.1. The molecule has 1 fully saturated rings. The van der Waals surface area contributed by atoms with E-state index in [0.29, 0.717) is 25.7 Å². The van der Waals surface area contributed by atoms with Crippen molar-refractivity contribution in [3.05, 3.63) is 23.8 Å². The van der Waals surface area contributed by atoms with Crippen molar-refractivity contribution in [1.29, 1.82) is 0 Å². The Hall–Kier alpha value is -1.75. The standard InChI is InChI=1S/C17H24N2O3/c1-12(19-17(20)7-5-14-3-2-8-18-14)13-4-6-15-16(11-13)22-10-9-21-15/h4,6,11-12,14,18H,2-3,5,7-10H2,1H3,(H,19,20). The van der Waals surface area contributed by atoms with Gasteiger partial charge in [-0.15, -0.1) is 0 Å². The molecular formula is C17H24N2O3. The summed E-state index contributed by atoms with van der Waals surface area (Å²) in [6.07, 6.45) is 3.90. The normalized spacial score (nSPS) is 21.4. The van der Waals surface area contributed by atoms with Crippen molar-refractivity contribution in [2.75, 3.05) is 19.8 Å². The lowest BCUT2D eigenvalue weighted by Gasteiger charge is -2.21. The second-order valence-electron chi connectivity index (χ2n) is 6.02. The summed E-state index contributed by atoms with van der Waals surface area (Å²) in [5, 5.41) is 6.48. The smallest absolute Gasteiger partial charge is 0.220 e. The van der Waals surface area contributed by atoms with Crippen LogP contribution in [0.4, 0.5) is 0 Å². The molecule has 0 aromatic heterocycles. The third kappa shape index (κ3) is 3.71. The quantitative estimate of drug-likeness (QED) is 0.875. The van der Waals surface area contributed by atoms with Gasteiger partial charge in [0.15, 0.2) is 11.5 Å². The first-order valence-electron chi connectivity index (χ1n) is 8.14. The summed E-state index contributed by atoms with van der Waals surface area (Å²) in [7, 11) is 0. The van der Waals surface area contributed by atoms with E-state index in [1.54, 1.807) is 0 Å². The Balaban J connectivity index is 1.52. The van der Waals surface area contributed by atoms with E-state index in [1.807, 2.05) is 25.1 Å². The molecule has 0 radical (unpaired) electrons. The van der Waals surface area contributed by atoms with Crippen molar-refractivity contribution in [3.63, 3.8) is 0 Å². The Morgan fingerprint density at radius 3 is 2.95 bits per heavy atom. The highest BCUT2D eigenvalue weighted by Gasteiger charge is 2.18. The Morgan fingerprint density at radius 2 is 2.18 bits per heavy atom. The summed E-state index contributed by atoms with van der Waals surface area (Å²) in [6.45, 7) is 4.25. The van der Waals surface area contributed by atoms with Crippen LogP contribution in [0, 0.1) is 0 Å². The largest absolute Gasteiger partial charge is 0.486 e. The lowest BCUT2D eigenvalue weighted by atomic mass is 10.1. The minimum Gasteiger partial charge on any atom is -0.486 e. The van der Waals surface area contributed by atoms with E-state index in [-0.39, 0.29) is 11.9 Å². The molecule has 0 bridgehead atoms. The average Bonchev–Trinajstić information content (AvgIpc) is 3.06. The van der Waals surface area contributed by atoms with Crippen molar-refractivity contribution >= 4 is 5.91 Å². The van der Waals surface area contributed by atoms with Crippen LogP contribution >= 0.6 is 0 Å². The molecule has 1 amide bonds. The second-order valence-corrected chi connectivity index (χ2v) is 6.02. The van der Waals surface area contributed by atoms with E-state index < -0.39 is 0 Å². The van der Waals surface area contributed by atoms with E-state index in [1.165, 1.54) is 12.8 Å². The number of ether oxygens (including phenoxy) is 2. The highest BCUT2D eigenvalue weighted by Crippen LogP contribution is 2.32. The first-order chi connectivity index (χ1) is 10.7. The molecule has 2 atom stereocenters. The summed E-state index contributed by atoms with van der Waals surface area (Å²) in [4.78, 5) is 12.1. The zero-order chi connectivity index (χ0) is 15.4. The number of amides is 1. The van der Waals surface area contributed by atoms with Gasteiger partial charge in [0.2, 0.25) is 5.91 Å². The molecule has 0 aliphatic carbocycles. The number of hydrogen-bond acceptors (Lipinski definition) is 4. The predicted molar refractivity (Wildman–Crippen MR) is 84.2 cm³/mol. The van der Waals surface area contributed by atoms with Crippen LogP contribution in [0.5, 0.6) is 11.5 Å². The molecule has 5 heteroatoms. The van der Waals surface area contributed by atoms with Gasteiger partial charge in [-0.25, -0.2) is 0 Å². The number of benzene rings is 1. The van der Waals surface area contributed by atoms with Crippen molar-refractivity contribution in [3.8, 4) is 11.5 Å². The number of carbonyl (C=O) groups excluding carboxylic acids is 1. The number of carbonyl (C=O) groups is 1. The molecule has 1 saturated heterocycles. The fourth-order valence-corrected chi connectivity index (χ4v) is 3.03. The van der Waals surface area contributed by atoms with E-state index in [0.717, 1.165) is 30.0 Å². The number of hydrogen-bond donors (Lipinski definition) is 2. The van der Waals surface area contributed by atoms with Gasteiger partial charge >= 0.3 is 0 Å². The highest BCUT2D eigenvalue weighted by atomic mass is 16.6. The Morgan fingerprint density at radius 1 is 1.36 bits per heavy atom. The number of rotatable bonds is 5. The monoisotopic (exact) mass is 304 g/mol. The highest BCUT2D eigenvalue weighted by molar-refractivity contribution is 5.76. The lowest BCUT2D eigenvalue weighted by Crippen LogP contribution is -2.29. The third-order valence-corrected chi connectivity index (χ3v) is 4.33. The first kappa shape index (κ1) is 15.2. The maximum Gasteiger partial charge on any atom is 0.220 e. The minimum atomic E-state index is -0.0279. The second kappa shape index (κ2) is 7.01. The lowest BCUT2D eigenvalue weighted by molar-refractivity contribution is -0.121. The van der Waals surface area contributed by atoms with Crippen molar-refractivity contribution in [1.82, 2.24) is 10.6 Å². The minimum absolute atomic E-state index is 0.0279. The van der Waals surface area contributed by atoms with Gasteiger partial charge in [-0.3, -0.25) is 4.79 Å². The molecular weight excluding hydrogens is 280 g/mol. The summed E-state index contributed by atoms with van der Waals surface area (Å²) in [6, 6.07) is 6.33. The Labute approximate surface area is 131 Å². The van der Waals surface area contributed by atoms with Gasteiger partial charge in [0.1, 0.15) is 13.2 Å². The van der Waals surface area contributed by atoms with E-state index in [9.17, 15) is 4.79 Å². The fourth-order valence-electron chi connectivity index (χ4n) is 3.03. The molecule has 3 rings (SSSR count).